The molecule has 1 atom stereocenters. The average molecular weight is 431 g/mol. The van der Waals surface area contributed by atoms with Crippen LogP contribution < -0.4 is 20.7 Å². The number of benzene rings is 1. The largest absolute Gasteiger partial charge is 0.417 e. The number of carbonyl (C=O) groups is 1. The van der Waals surface area contributed by atoms with E-state index in [1.807, 2.05) is 6.08 Å². The number of alkyl halides is 2. The molecule has 1 amide bonds. The first-order valence-corrected chi connectivity index (χ1v) is 9.33. The lowest BCUT2D eigenvalue weighted by atomic mass is 10.1. The van der Waals surface area contributed by atoms with Crippen molar-refractivity contribution in [1.29, 1.82) is 0 Å². The zero-order chi connectivity index (χ0) is 22.2. The van der Waals surface area contributed by atoms with Gasteiger partial charge in [0, 0.05) is 48.5 Å². The number of hydrogen-bond acceptors (Lipinski definition) is 6. The van der Waals surface area contributed by atoms with Gasteiger partial charge in [-0.25, -0.2) is 14.4 Å². The number of amidine groups is 1. The number of amides is 1. The fourth-order valence-corrected chi connectivity index (χ4v) is 2.71. The van der Waals surface area contributed by atoms with Crippen LogP contribution in [0.4, 0.5) is 18.9 Å². The van der Waals surface area contributed by atoms with Crippen LogP contribution >= 0.6 is 0 Å². The smallest absolute Gasteiger partial charge is 0.388 e. The number of halogens is 3. The molecule has 3 N–H and O–H groups in total. The van der Waals surface area contributed by atoms with Gasteiger partial charge in [0.1, 0.15) is 11.7 Å². The molecule has 2 heterocycles. The fourth-order valence-electron chi connectivity index (χ4n) is 2.71. The molecule has 1 unspecified atom stereocenters. The standard InChI is InChI=1S/C21H20F3N5O2/c1-13(25-9-10-27-18-3-2-8-26-18)16-11-15(5-6-17(16)22)29-20(30)14-4-7-19(28-12-14)31-21(23)24/h2,4-13,21,25H,3H2,1H3,(H,26,27)(H,29,30). The topological polar surface area (TPSA) is 87.6 Å². The van der Waals surface area contributed by atoms with Gasteiger partial charge >= 0.3 is 6.61 Å². The molecule has 0 saturated heterocycles. The highest BCUT2D eigenvalue weighted by atomic mass is 19.3. The van der Waals surface area contributed by atoms with Crippen molar-refractivity contribution in [3.05, 3.63) is 78.1 Å². The zero-order valence-electron chi connectivity index (χ0n) is 16.5. The molecular weight excluding hydrogens is 411 g/mol. The van der Waals surface area contributed by atoms with E-state index >= 15 is 0 Å². The molecule has 3 rings (SSSR count). The van der Waals surface area contributed by atoms with Crippen molar-refractivity contribution >= 4 is 17.4 Å². The number of nitrogens with one attached hydrogen (secondary N) is 3. The molecule has 0 spiro atoms. The molecule has 1 aromatic carbocycles. The van der Waals surface area contributed by atoms with Gasteiger partial charge in [-0.15, -0.1) is 0 Å². The molecule has 2 aromatic rings. The number of anilines is 1. The monoisotopic (exact) mass is 431 g/mol. The van der Waals surface area contributed by atoms with Crippen LogP contribution in [0.25, 0.3) is 0 Å². The summed E-state index contributed by atoms with van der Waals surface area (Å²) in [7, 11) is 0. The third-order valence-electron chi connectivity index (χ3n) is 4.26. The number of pyridine rings is 1. The molecular formula is C21H20F3N5O2. The summed E-state index contributed by atoms with van der Waals surface area (Å²) in [6.07, 6.45) is 8.79. The number of aliphatic imine (C=N–C) groups is 1. The van der Waals surface area contributed by atoms with Gasteiger partial charge in [-0.3, -0.25) is 4.79 Å². The summed E-state index contributed by atoms with van der Waals surface area (Å²) in [6.45, 7) is -1.23. The lowest BCUT2D eigenvalue weighted by Gasteiger charge is -2.15. The van der Waals surface area contributed by atoms with Crippen LogP contribution in [0.1, 0.15) is 35.3 Å². The molecule has 0 radical (unpaired) electrons. The van der Waals surface area contributed by atoms with Gasteiger partial charge in [0.15, 0.2) is 0 Å². The van der Waals surface area contributed by atoms with Crippen molar-refractivity contribution < 1.29 is 22.7 Å². The maximum atomic E-state index is 14.3. The highest BCUT2D eigenvalue weighted by molar-refractivity contribution is 6.04. The second kappa shape index (κ2) is 10.3. The summed E-state index contributed by atoms with van der Waals surface area (Å²) in [5.41, 5.74) is 0.856. The molecule has 162 valence electrons. The van der Waals surface area contributed by atoms with Crippen molar-refractivity contribution in [3.8, 4) is 5.88 Å². The van der Waals surface area contributed by atoms with Crippen molar-refractivity contribution in [2.45, 2.75) is 26.0 Å². The van der Waals surface area contributed by atoms with E-state index in [1.54, 1.807) is 25.5 Å². The Hall–Kier alpha value is -3.82. The first-order valence-electron chi connectivity index (χ1n) is 9.33. The fraction of sp³-hybridized carbons (Fsp3) is 0.190. The summed E-state index contributed by atoms with van der Waals surface area (Å²) in [6, 6.07) is 6.27. The Kier molecular flexibility index (Phi) is 7.26. The number of rotatable bonds is 8. The van der Waals surface area contributed by atoms with E-state index in [4.69, 9.17) is 0 Å². The van der Waals surface area contributed by atoms with Gasteiger partial charge in [0.25, 0.3) is 5.91 Å². The van der Waals surface area contributed by atoms with Crippen molar-refractivity contribution in [1.82, 2.24) is 15.6 Å². The summed E-state index contributed by atoms with van der Waals surface area (Å²) in [5.74, 6) is -0.442. The predicted octanol–water partition coefficient (Wildman–Crippen LogP) is 4.10. The van der Waals surface area contributed by atoms with Gasteiger partial charge in [-0.2, -0.15) is 8.78 Å². The predicted molar refractivity (Wildman–Crippen MR) is 110 cm³/mol. The van der Waals surface area contributed by atoms with Crippen molar-refractivity contribution in [3.63, 3.8) is 0 Å². The second-order valence-corrected chi connectivity index (χ2v) is 6.48. The third kappa shape index (κ3) is 6.33. The summed E-state index contributed by atoms with van der Waals surface area (Å²) >= 11 is 0. The maximum absolute atomic E-state index is 14.3. The molecule has 1 aliphatic heterocycles. The van der Waals surface area contributed by atoms with Crippen LogP contribution in [-0.2, 0) is 0 Å². The quantitative estimate of drug-likeness (QED) is 0.586. The molecule has 0 saturated carbocycles. The summed E-state index contributed by atoms with van der Waals surface area (Å²) in [5, 5.41) is 8.68. The Labute approximate surface area is 176 Å². The Morgan fingerprint density at radius 1 is 1.23 bits per heavy atom. The van der Waals surface area contributed by atoms with E-state index in [-0.39, 0.29) is 17.5 Å². The molecule has 1 aliphatic rings. The highest BCUT2D eigenvalue weighted by Gasteiger charge is 2.13. The minimum absolute atomic E-state index is 0.136. The SMILES string of the molecule is CC(NC=CNC1=NC=CC1)c1cc(NC(=O)c2ccc(OC(F)F)nc2)ccc1F. The number of hydrogen-bond donors (Lipinski definition) is 3. The van der Waals surface area contributed by atoms with E-state index in [0.717, 1.165) is 24.5 Å². The minimum Gasteiger partial charge on any atom is -0.417 e. The lowest BCUT2D eigenvalue weighted by Crippen LogP contribution is -2.18. The van der Waals surface area contributed by atoms with Crippen LogP contribution in [-0.4, -0.2) is 23.3 Å². The lowest BCUT2D eigenvalue weighted by molar-refractivity contribution is -0.0528. The molecule has 7 nitrogen and oxygen atoms in total. The van der Waals surface area contributed by atoms with E-state index in [0.29, 0.717) is 11.3 Å². The first-order chi connectivity index (χ1) is 14.9. The highest BCUT2D eigenvalue weighted by Crippen LogP contribution is 2.22. The van der Waals surface area contributed by atoms with Crippen LogP contribution in [0.3, 0.4) is 0 Å². The number of carbonyl (C=O) groups excluding carboxylic acids is 1. The Morgan fingerprint density at radius 2 is 2.06 bits per heavy atom. The van der Waals surface area contributed by atoms with Gasteiger partial charge in [0.05, 0.1) is 11.6 Å². The van der Waals surface area contributed by atoms with Gasteiger partial charge in [-0.1, -0.05) is 6.08 Å². The Balaban J connectivity index is 1.60. The third-order valence-corrected chi connectivity index (χ3v) is 4.26. The van der Waals surface area contributed by atoms with E-state index in [1.165, 1.54) is 24.3 Å². The molecule has 0 aliphatic carbocycles. The normalized spacial score (nSPS) is 13.9. The second-order valence-electron chi connectivity index (χ2n) is 6.48. The minimum atomic E-state index is -3.00. The van der Waals surface area contributed by atoms with Crippen LogP contribution in [0.15, 0.2) is 66.2 Å². The summed E-state index contributed by atoms with van der Waals surface area (Å²) in [4.78, 5) is 20.1. The molecule has 1 aromatic heterocycles. The average Bonchev–Trinajstić information content (AvgIpc) is 3.26. The van der Waals surface area contributed by atoms with E-state index in [9.17, 15) is 18.0 Å². The first kappa shape index (κ1) is 21.9. The van der Waals surface area contributed by atoms with Gasteiger partial charge in [0.2, 0.25) is 5.88 Å². The van der Waals surface area contributed by atoms with Crippen molar-refractivity contribution in [2.24, 2.45) is 4.99 Å². The van der Waals surface area contributed by atoms with Gasteiger partial charge in [-0.05, 0) is 31.2 Å². The van der Waals surface area contributed by atoms with Crippen LogP contribution in [0, 0.1) is 5.82 Å². The van der Waals surface area contributed by atoms with Crippen LogP contribution in [0.2, 0.25) is 0 Å². The molecule has 31 heavy (non-hydrogen) atoms. The van der Waals surface area contributed by atoms with Crippen molar-refractivity contribution in [2.75, 3.05) is 5.32 Å². The van der Waals surface area contributed by atoms with Gasteiger partial charge < -0.3 is 20.7 Å². The molecule has 0 fully saturated rings. The molecule has 10 heteroatoms. The Morgan fingerprint density at radius 3 is 2.74 bits per heavy atom. The summed E-state index contributed by atoms with van der Waals surface area (Å²) < 4.78 is 42.8. The molecule has 0 bridgehead atoms. The number of ether oxygens (including phenoxy) is 1. The Bertz CT molecular complexity index is 1010. The maximum Gasteiger partial charge on any atom is 0.388 e. The number of aromatic nitrogens is 1. The van der Waals surface area contributed by atoms with Crippen LogP contribution in [0.5, 0.6) is 5.88 Å². The zero-order valence-corrected chi connectivity index (χ0v) is 16.5. The van der Waals surface area contributed by atoms with E-state index in [2.05, 4.69) is 30.7 Å². The van der Waals surface area contributed by atoms with E-state index < -0.39 is 18.3 Å². The number of nitrogens with zero attached hydrogens (tertiary/aromatic N) is 2.